The van der Waals surface area contributed by atoms with Gasteiger partial charge < -0.3 is 0 Å². The third-order valence-corrected chi connectivity index (χ3v) is 11.2. The Morgan fingerprint density at radius 2 is 1.17 bits per heavy atom. The molecule has 3 unspecified atom stereocenters. The maximum atomic E-state index is 12.0. The van der Waals surface area contributed by atoms with Crippen LogP contribution in [0.15, 0.2) is 0 Å². The van der Waals surface area contributed by atoms with Crippen molar-refractivity contribution < 1.29 is 91.6 Å². The molecule has 35 heavy (non-hydrogen) atoms. The van der Waals surface area contributed by atoms with Crippen LogP contribution in [-0.2, 0) is 45.6 Å². The molecule has 2 fully saturated rings. The molecule has 2 aliphatic rings. The van der Waals surface area contributed by atoms with Gasteiger partial charge in [-0.25, -0.2) is 0 Å². The second-order valence-corrected chi connectivity index (χ2v) is 13.9. The summed E-state index contributed by atoms with van der Waals surface area (Å²) in [6.07, 6.45) is -9.20. The summed E-state index contributed by atoms with van der Waals surface area (Å²) in [5, 5.41) is 85.0. The Kier molecular flexibility index (Phi) is 8.67. The minimum absolute atomic E-state index is 1.92. The van der Waals surface area contributed by atoms with Gasteiger partial charge in [-0.05, 0) is 0 Å². The topological polar surface area (TPSA) is 340 Å². The standard InChI is InChI=1S/3C4H6O7.2Bi/c3*5-1(2(6)7)4(10,11)3(8)9;;/h3*1,5,10-11H,(H,6,7)(H,8,9);;/q;;;2*+3/p-6. The molecule has 0 radical (unpaired) electrons. The van der Waals surface area contributed by atoms with Crippen LogP contribution in [0.2, 0.25) is 0 Å². The molecule has 0 aromatic rings. The predicted octanol–water partition coefficient (Wildman–Crippen LogP) is -9.63. The normalized spacial score (nSPS) is 26.2. The molecule has 0 bridgehead atoms. The van der Waals surface area contributed by atoms with Gasteiger partial charge in [-0.15, -0.1) is 0 Å². The molecule has 3 atom stereocenters. The van der Waals surface area contributed by atoms with E-state index in [9.17, 15) is 74.7 Å². The van der Waals surface area contributed by atoms with Crippen LogP contribution in [0.1, 0.15) is 0 Å². The second kappa shape index (κ2) is 10.3. The molecule has 0 amide bonds. The molecule has 23 heteroatoms. The Labute approximate surface area is 208 Å². The quantitative estimate of drug-likeness (QED) is 0.0913. The van der Waals surface area contributed by atoms with Gasteiger partial charge in [0.15, 0.2) is 0 Å². The van der Waals surface area contributed by atoms with Crippen LogP contribution in [0.3, 0.4) is 0 Å². The first kappa shape index (κ1) is 29.5. The molecule has 2 saturated heterocycles. The van der Waals surface area contributed by atoms with Crippen LogP contribution < -0.4 is 0 Å². The molecule has 0 saturated carbocycles. The molecule has 0 aromatic heterocycles. The van der Waals surface area contributed by atoms with Gasteiger partial charge in [0.25, 0.3) is 0 Å². The van der Waals surface area contributed by atoms with E-state index in [0.29, 0.717) is 0 Å². The van der Waals surface area contributed by atoms with Crippen LogP contribution in [0, 0.1) is 0 Å². The number of rotatable bonds is 5. The number of aliphatic hydroxyl groups is 9. The van der Waals surface area contributed by atoms with Gasteiger partial charge in [-0.2, -0.15) is 0 Å². The van der Waals surface area contributed by atoms with Crippen molar-refractivity contribution in [3.05, 3.63) is 0 Å². The Morgan fingerprint density at radius 1 is 0.800 bits per heavy atom. The Balaban J connectivity index is 2.10. The Hall–Kier alpha value is -1.77. The third-order valence-electron chi connectivity index (χ3n) is 3.68. The first-order valence-electron chi connectivity index (χ1n) is 8.14. The zero-order chi connectivity index (χ0) is 27.1. The van der Waals surface area contributed by atoms with Crippen molar-refractivity contribution in [3.63, 3.8) is 0 Å². The third kappa shape index (κ3) is 5.97. The number of carbonyl (C=O) groups is 6. The summed E-state index contributed by atoms with van der Waals surface area (Å²) in [6.45, 7) is 0. The molecule has 21 nitrogen and oxygen atoms in total. The van der Waals surface area contributed by atoms with E-state index >= 15 is 0 Å². The van der Waals surface area contributed by atoms with E-state index in [4.69, 9.17) is 0 Å². The number of aliphatic hydroxyl groups excluding tert-OH is 3. The summed E-state index contributed by atoms with van der Waals surface area (Å²) in [7, 11) is 0. The van der Waals surface area contributed by atoms with Crippen molar-refractivity contribution >= 4 is 82.0 Å². The summed E-state index contributed by atoms with van der Waals surface area (Å²) in [4.78, 5) is 69.9. The van der Waals surface area contributed by atoms with Gasteiger partial charge in [0.1, 0.15) is 0 Å². The van der Waals surface area contributed by atoms with Gasteiger partial charge in [-0.3, -0.25) is 0 Å². The van der Waals surface area contributed by atoms with Crippen LogP contribution >= 0.6 is 0 Å². The monoisotopic (exact) mass is 910 g/mol. The van der Waals surface area contributed by atoms with E-state index < -0.39 is 118 Å². The molecule has 196 valence electrons. The summed E-state index contributed by atoms with van der Waals surface area (Å²) in [5.41, 5.74) is 0. The fourth-order valence-corrected chi connectivity index (χ4v) is 8.61. The molecule has 2 rings (SSSR count). The zero-order valence-corrected chi connectivity index (χ0v) is 23.0. The number of hydrogen-bond donors (Lipinski definition) is 9. The predicted molar refractivity (Wildman–Crippen MR) is 87.6 cm³/mol. The summed E-state index contributed by atoms with van der Waals surface area (Å²) >= 11 is -10.5. The fourth-order valence-electron chi connectivity index (χ4n) is 1.71. The van der Waals surface area contributed by atoms with E-state index in [-0.39, 0.29) is 0 Å². The van der Waals surface area contributed by atoms with Crippen LogP contribution in [0.25, 0.3) is 0 Å². The molecular formula is C12H12Bi2O21. The van der Waals surface area contributed by atoms with Crippen LogP contribution in [0.5, 0.6) is 0 Å². The van der Waals surface area contributed by atoms with Crippen molar-refractivity contribution in [1.82, 2.24) is 0 Å². The molecule has 0 aromatic carbocycles. The van der Waals surface area contributed by atoms with Crippen molar-refractivity contribution in [3.8, 4) is 0 Å². The summed E-state index contributed by atoms with van der Waals surface area (Å²) < 4.78 is 25.3. The molecule has 9 N–H and O–H groups in total. The fraction of sp³-hybridized carbons (Fsp3) is 0.500. The average molecular weight is 910 g/mol. The van der Waals surface area contributed by atoms with Gasteiger partial charge >= 0.3 is 209 Å². The first-order valence-corrected chi connectivity index (χ1v) is 16.7. The van der Waals surface area contributed by atoms with Crippen LogP contribution in [0.4, 0.5) is 0 Å². The van der Waals surface area contributed by atoms with Crippen molar-refractivity contribution in [2.24, 2.45) is 0 Å². The van der Waals surface area contributed by atoms with Gasteiger partial charge in [0, 0.05) is 0 Å². The van der Waals surface area contributed by atoms with Crippen molar-refractivity contribution in [2.45, 2.75) is 35.7 Å². The van der Waals surface area contributed by atoms with E-state index in [0.717, 1.165) is 0 Å². The Morgan fingerprint density at radius 3 is 1.57 bits per heavy atom. The molecule has 0 aliphatic carbocycles. The van der Waals surface area contributed by atoms with Crippen molar-refractivity contribution in [1.29, 1.82) is 0 Å². The number of carbonyl (C=O) groups excluding carboxylic acids is 6. The van der Waals surface area contributed by atoms with E-state index in [1.165, 1.54) is 0 Å². The average Bonchev–Trinajstić information content (AvgIpc) is 2.86. The second-order valence-electron chi connectivity index (χ2n) is 6.20. The van der Waals surface area contributed by atoms with Gasteiger partial charge in [-0.1, -0.05) is 0 Å². The summed E-state index contributed by atoms with van der Waals surface area (Å²) in [6, 6.07) is 0. The van der Waals surface area contributed by atoms with E-state index in [1.54, 1.807) is 0 Å². The van der Waals surface area contributed by atoms with Gasteiger partial charge in [0.2, 0.25) is 0 Å². The summed E-state index contributed by atoms with van der Waals surface area (Å²) in [5.74, 6) is -24.8. The molecule has 0 spiro atoms. The molecular weight excluding hydrogens is 898 g/mol. The van der Waals surface area contributed by atoms with Crippen molar-refractivity contribution in [2.75, 3.05) is 0 Å². The molecule has 2 heterocycles. The van der Waals surface area contributed by atoms with Crippen LogP contribution in [-0.4, -0.2) is 164 Å². The maximum absolute atomic E-state index is 12.0. The molecule has 2 aliphatic heterocycles. The SMILES string of the molecule is O=C1[O][Bi]([O]C(=O)C(O)C(O)(O)C(=O)[O][Bi]2[O]C(=O)C(O)C(O)(O)C(=O)[O]2)[O]C(=O)C(O)(O)C1O. The first-order chi connectivity index (χ1) is 15.8. The Bertz CT molecular complexity index is 941. The zero-order valence-electron chi connectivity index (χ0n) is 16.1. The van der Waals surface area contributed by atoms with Gasteiger partial charge in [0.05, 0.1) is 0 Å². The number of hydrogen-bond acceptors (Lipinski definition) is 21. The minimum atomic E-state index is -5.29. The van der Waals surface area contributed by atoms with E-state index in [1.807, 2.05) is 0 Å². The van der Waals surface area contributed by atoms with E-state index in [2.05, 4.69) is 16.9 Å².